The van der Waals surface area contributed by atoms with Crippen LogP contribution >= 0.6 is 0 Å². The van der Waals surface area contributed by atoms with Crippen molar-refractivity contribution in [2.24, 2.45) is 5.16 Å². The van der Waals surface area contributed by atoms with E-state index in [1.165, 1.54) is 0 Å². The Hall–Kier alpha value is -1.85. The van der Waals surface area contributed by atoms with E-state index >= 15 is 0 Å². The van der Waals surface area contributed by atoms with Gasteiger partial charge in [-0.3, -0.25) is 0 Å². The largest absolute Gasteiger partial charge is 0.478 e. The lowest BCUT2D eigenvalue weighted by Gasteiger charge is -1.86. The highest BCUT2D eigenvalue weighted by Crippen LogP contribution is 1.81. The second-order valence-electron chi connectivity index (χ2n) is 1.46. The lowest BCUT2D eigenvalue weighted by atomic mass is 10.3. The zero-order chi connectivity index (χ0) is 8.85. The molecule has 0 unspecified atom stereocenters. The predicted molar refractivity (Wildman–Crippen MR) is 33.6 cm³/mol. The van der Waals surface area contributed by atoms with Crippen molar-refractivity contribution in [2.45, 2.75) is 0 Å². The molecule has 3 N–H and O–H groups in total. The standard InChI is InChI=1S/C5H5NO5/c7-4(8)2-1-3(6-11)5(9)10/h1-2,11H,(H,7,8)(H,9,10)/b2-1+,6-3-. The minimum absolute atomic E-state index is 0.559. The van der Waals surface area contributed by atoms with E-state index in [1.807, 2.05) is 0 Å². The molecule has 0 aliphatic carbocycles. The van der Waals surface area contributed by atoms with Crippen molar-refractivity contribution in [1.29, 1.82) is 0 Å². The summed E-state index contributed by atoms with van der Waals surface area (Å²) in [6.45, 7) is 0. The number of carboxylic acids is 2. The molecular weight excluding hydrogens is 154 g/mol. The van der Waals surface area contributed by atoms with Gasteiger partial charge in [0.1, 0.15) is 0 Å². The first kappa shape index (κ1) is 9.15. The highest BCUT2D eigenvalue weighted by atomic mass is 16.4. The summed E-state index contributed by atoms with van der Waals surface area (Å²) < 4.78 is 0. The molecule has 0 aromatic heterocycles. The summed E-state index contributed by atoms with van der Waals surface area (Å²) in [7, 11) is 0. The molecule has 6 nitrogen and oxygen atoms in total. The number of nitrogens with zero attached hydrogens (tertiary/aromatic N) is 1. The topological polar surface area (TPSA) is 107 Å². The van der Waals surface area contributed by atoms with Crippen LogP contribution in [0.5, 0.6) is 0 Å². The van der Waals surface area contributed by atoms with Gasteiger partial charge in [0, 0.05) is 6.08 Å². The Kier molecular flexibility index (Phi) is 3.36. The van der Waals surface area contributed by atoms with E-state index in [9.17, 15) is 9.59 Å². The Labute approximate surface area is 61.1 Å². The quantitative estimate of drug-likeness (QED) is 0.223. The van der Waals surface area contributed by atoms with Crippen LogP contribution in [0.1, 0.15) is 0 Å². The zero-order valence-corrected chi connectivity index (χ0v) is 5.26. The van der Waals surface area contributed by atoms with Crippen LogP contribution < -0.4 is 0 Å². The summed E-state index contributed by atoms with van der Waals surface area (Å²) in [6.07, 6.45) is 1.23. The SMILES string of the molecule is O=C(O)/C=C/C(=N/O)C(=O)O. The van der Waals surface area contributed by atoms with Gasteiger partial charge in [0.15, 0.2) is 5.71 Å². The minimum atomic E-state index is -1.50. The second kappa shape index (κ2) is 4.04. The van der Waals surface area contributed by atoms with Gasteiger partial charge in [-0.1, -0.05) is 5.16 Å². The molecule has 0 heterocycles. The molecule has 0 saturated carbocycles. The molecule has 0 aliphatic rings. The van der Waals surface area contributed by atoms with Crippen molar-refractivity contribution in [3.63, 3.8) is 0 Å². The fraction of sp³-hybridized carbons (Fsp3) is 0. The first-order chi connectivity index (χ1) is 5.07. The number of rotatable bonds is 3. The molecule has 0 aliphatic heterocycles. The van der Waals surface area contributed by atoms with Crippen molar-refractivity contribution in [3.05, 3.63) is 12.2 Å². The van der Waals surface area contributed by atoms with Gasteiger partial charge in [-0.2, -0.15) is 0 Å². The Morgan fingerprint density at radius 1 is 1.18 bits per heavy atom. The third-order valence-electron chi connectivity index (χ3n) is 0.711. The maximum Gasteiger partial charge on any atom is 0.357 e. The molecule has 60 valence electrons. The van der Waals surface area contributed by atoms with Crippen molar-refractivity contribution >= 4 is 17.7 Å². The van der Waals surface area contributed by atoms with Gasteiger partial charge in [0.25, 0.3) is 0 Å². The van der Waals surface area contributed by atoms with E-state index in [-0.39, 0.29) is 0 Å². The van der Waals surface area contributed by atoms with Gasteiger partial charge < -0.3 is 15.4 Å². The summed E-state index contributed by atoms with van der Waals surface area (Å²) in [6, 6.07) is 0. The molecule has 0 fully saturated rings. The molecule has 0 amide bonds. The van der Waals surface area contributed by atoms with Gasteiger partial charge >= 0.3 is 11.9 Å². The number of hydrogen-bond acceptors (Lipinski definition) is 4. The van der Waals surface area contributed by atoms with Gasteiger partial charge in [0.05, 0.1) is 0 Å². The molecular formula is C5H5NO5. The lowest BCUT2D eigenvalue weighted by Crippen LogP contribution is -2.10. The van der Waals surface area contributed by atoms with E-state index in [4.69, 9.17) is 15.4 Å². The second-order valence-corrected chi connectivity index (χ2v) is 1.46. The maximum absolute atomic E-state index is 10.0. The third-order valence-corrected chi connectivity index (χ3v) is 0.711. The van der Waals surface area contributed by atoms with Crippen molar-refractivity contribution in [3.8, 4) is 0 Å². The fourth-order valence-electron chi connectivity index (χ4n) is 0.298. The smallest absolute Gasteiger partial charge is 0.357 e. The van der Waals surface area contributed by atoms with Crippen LogP contribution in [0.3, 0.4) is 0 Å². The molecule has 0 saturated heterocycles. The average Bonchev–Trinajstić information content (AvgIpc) is 1.87. The van der Waals surface area contributed by atoms with E-state index in [1.54, 1.807) is 0 Å². The zero-order valence-electron chi connectivity index (χ0n) is 5.26. The summed E-state index contributed by atoms with van der Waals surface area (Å²) in [4.78, 5) is 19.8. The Morgan fingerprint density at radius 2 is 1.73 bits per heavy atom. The Bertz CT molecular complexity index is 229. The number of hydrogen-bond donors (Lipinski definition) is 3. The van der Waals surface area contributed by atoms with Gasteiger partial charge in [0.2, 0.25) is 0 Å². The van der Waals surface area contributed by atoms with Gasteiger partial charge in [-0.25, -0.2) is 9.59 Å². The van der Waals surface area contributed by atoms with E-state index in [0.717, 1.165) is 0 Å². The normalized spacial score (nSPS) is 11.8. The Balaban J connectivity index is 4.34. The first-order valence-electron chi connectivity index (χ1n) is 2.44. The summed E-state index contributed by atoms with van der Waals surface area (Å²) >= 11 is 0. The van der Waals surface area contributed by atoms with Crippen LogP contribution in [0.25, 0.3) is 0 Å². The molecule has 0 aromatic carbocycles. The summed E-state index contributed by atoms with van der Waals surface area (Å²) in [5.74, 6) is -2.81. The lowest BCUT2D eigenvalue weighted by molar-refractivity contribution is -0.131. The van der Waals surface area contributed by atoms with E-state index in [2.05, 4.69) is 5.16 Å². The van der Waals surface area contributed by atoms with Gasteiger partial charge in [-0.15, -0.1) is 0 Å². The van der Waals surface area contributed by atoms with Crippen LogP contribution in [0.15, 0.2) is 17.3 Å². The molecule has 0 spiro atoms. The van der Waals surface area contributed by atoms with E-state index in [0.29, 0.717) is 12.2 Å². The highest BCUT2D eigenvalue weighted by molar-refractivity contribution is 6.40. The Morgan fingerprint density at radius 3 is 2.00 bits per heavy atom. The van der Waals surface area contributed by atoms with E-state index < -0.39 is 17.7 Å². The molecule has 0 radical (unpaired) electrons. The summed E-state index contributed by atoms with van der Waals surface area (Å²) in [5, 5.41) is 26.5. The van der Waals surface area contributed by atoms with Crippen LogP contribution in [0.2, 0.25) is 0 Å². The molecule has 0 bridgehead atoms. The van der Waals surface area contributed by atoms with Gasteiger partial charge in [-0.05, 0) is 6.08 Å². The average molecular weight is 159 g/mol. The van der Waals surface area contributed by atoms with Crippen molar-refractivity contribution in [2.75, 3.05) is 0 Å². The van der Waals surface area contributed by atoms with Crippen LogP contribution in [0, 0.1) is 0 Å². The van der Waals surface area contributed by atoms with Crippen molar-refractivity contribution in [1.82, 2.24) is 0 Å². The minimum Gasteiger partial charge on any atom is -0.478 e. The highest BCUT2D eigenvalue weighted by Gasteiger charge is 2.04. The monoisotopic (exact) mass is 159 g/mol. The maximum atomic E-state index is 10.0. The number of carboxylic acid groups (broad SMARTS) is 2. The van der Waals surface area contributed by atoms with Crippen LogP contribution in [-0.4, -0.2) is 33.1 Å². The molecule has 6 heteroatoms. The van der Waals surface area contributed by atoms with Crippen LogP contribution in [0.4, 0.5) is 0 Å². The fourth-order valence-corrected chi connectivity index (χ4v) is 0.298. The number of carbonyl (C=O) groups is 2. The molecule has 0 aromatic rings. The predicted octanol–water partition coefficient (Wildman–Crippen LogP) is -0.458. The molecule has 11 heavy (non-hydrogen) atoms. The molecule has 0 atom stereocenters. The summed E-state index contributed by atoms with van der Waals surface area (Å²) in [5.41, 5.74) is -0.729. The van der Waals surface area contributed by atoms with Crippen LogP contribution in [-0.2, 0) is 9.59 Å². The van der Waals surface area contributed by atoms with Crippen molar-refractivity contribution < 1.29 is 25.0 Å². The number of oxime groups is 1. The molecule has 0 rings (SSSR count). The third kappa shape index (κ3) is 3.68. The number of aliphatic carboxylic acids is 2. The first-order valence-corrected chi connectivity index (χ1v) is 2.44.